The third kappa shape index (κ3) is 8.70. The van der Waals surface area contributed by atoms with Crippen molar-refractivity contribution in [2.24, 2.45) is 10.8 Å². The number of hydrogen-bond acceptors (Lipinski definition) is 7. The summed E-state index contributed by atoms with van der Waals surface area (Å²) in [5, 5.41) is 0. The van der Waals surface area contributed by atoms with E-state index in [2.05, 4.69) is 0 Å². The first kappa shape index (κ1) is 34.6. The van der Waals surface area contributed by atoms with Crippen LogP contribution in [-0.2, 0) is 14.3 Å². The fourth-order valence-electron chi connectivity index (χ4n) is 3.93. The van der Waals surface area contributed by atoms with Gasteiger partial charge in [-0.05, 0) is 102 Å². The summed E-state index contributed by atoms with van der Waals surface area (Å²) in [7, 11) is 1.45. The molecule has 2 aromatic carbocycles. The van der Waals surface area contributed by atoms with Crippen molar-refractivity contribution in [3.8, 4) is 17.2 Å². The van der Waals surface area contributed by atoms with Gasteiger partial charge in [-0.1, -0.05) is 34.6 Å². The molecule has 0 bridgehead atoms. The molecule has 0 unspecified atom stereocenters. The molecule has 0 atom stereocenters. The van der Waals surface area contributed by atoms with Gasteiger partial charge >= 0.3 is 11.9 Å². The Hall–Kier alpha value is -3.61. The first-order valence-corrected chi connectivity index (χ1v) is 14.6. The number of benzene rings is 2. The molecule has 0 heterocycles. The standard InChI is InChI=1S/C35H48O7/c1-13-18-40-30-24(19-26(21(2)3)31(28(30)22(4)5)42-33(38)35(9,10)11)20-27(39-12)29(36)23-14-16-25(17-15-23)41-32(37)34(6,7)8/h14-17,19-22H,13,18H2,1-12H3. The van der Waals surface area contributed by atoms with Crippen molar-refractivity contribution < 1.29 is 33.3 Å². The van der Waals surface area contributed by atoms with Crippen LogP contribution in [0.3, 0.4) is 0 Å². The van der Waals surface area contributed by atoms with Crippen LogP contribution < -0.4 is 14.2 Å². The fraction of sp³-hybridized carbons (Fsp3) is 0.514. The van der Waals surface area contributed by atoms with Crippen molar-refractivity contribution in [2.45, 2.75) is 94.4 Å². The highest BCUT2D eigenvalue weighted by Gasteiger charge is 2.30. The molecule has 42 heavy (non-hydrogen) atoms. The molecule has 0 aromatic heterocycles. The summed E-state index contributed by atoms with van der Waals surface area (Å²) in [4.78, 5) is 38.8. The lowest BCUT2D eigenvalue weighted by Gasteiger charge is -2.26. The lowest BCUT2D eigenvalue weighted by atomic mass is 9.89. The Bertz CT molecular complexity index is 1300. The zero-order chi connectivity index (χ0) is 32.0. The number of carbonyl (C=O) groups is 3. The summed E-state index contributed by atoms with van der Waals surface area (Å²) >= 11 is 0. The number of esters is 2. The second kappa shape index (κ2) is 14.0. The fourth-order valence-corrected chi connectivity index (χ4v) is 3.93. The van der Waals surface area contributed by atoms with Crippen LogP contribution in [0.4, 0.5) is 0 Å². The van der Waals surface area contributed by atoms with Crippen LogP contribution in [-0.4, -0.2) is 31.4 Å². The van der Waals surface area contributed by atoms with Crippen LogP contribution in [0.15, 0.2) is 36.1 Å². The predicted molar refractivity (Wildman–Crippen MR) is 166 cm³/mol. The monoisotopic (exact) mass is 580 g/mol. The van der Waals surface area contributed by atoms with Gasteiger partial charge < -0.3 is 18.9 Å². The molecule has 0 spiro atoms. The highest BCUT2D eigenvalue weighted by molar-refractivity contribution is 6.10. The summed E-state index contributed by atoms with van der Waals surface area (Å²) in [5.41, 5.74) is 1.29. The van der Waals surface area contributed by atoms with Crippen molar-refractivity contribution in [2.75, 3.05) is 13.7 Å². The van der Waals surface area contributed by atoms with Gasteiger partial charge in [-0.3, -0.25) is 14.4 Å². The Morgan fingerprint density at radius 1 is 0.810 bits per heavy atom. The van der Waals surface area contributed by atoms with E-state index >= 15 is 0 Å². The minimum atomic E-state index is -0.693. The topological polar surface area (TPSA) is 88.1 Å². The van der Waals surface area contributed by atoms with E-state index in [-0.39, 0.29) is 35.3 Å². The van der Waals surface area contributed by atoms with Crippen molar-refractivity contribution in [1.82, 2.24) is 0 Å². The third-order valence-corrected chi connectivity index (χ3v) is 6.45. The first-order chi connectivity index (χ1) is 19.4. The lowest BCUT2D eigenvalue weighted by molar-refractivity contribution is -0.143. The molecule has 230 valence electrons. The van der Waals surface area contributed by atoms with Gasteiger partial charge in [0.05, 0.1) is 24.5 Å². The van der Waals surface area contributed by atoms with E-state index in [1.807, 2.05) is 61.5 Å². The van der Waals surface area contributed by atoms with E-state index in [9.17, 15) is 14.4 Å². The van der Waals surface area contributed by atoms with Gasteiger partial charge in [-0.2, -0.15) is 0 Å². The predicted octanol–water partition coefficient (Wildman–Crippen LogP) is 8.50. The van der Waals surface area contributed by atoms with Gasteiger partial charge in [0.15, 0.2) is 5.76 Å². The molecule has 0 amide bonds. The van der Waals surface area contributed by atoms with Gasteiger partial charge in [0, 0.05) is 16.7 Å². The minimum absolute atomic E-state index is 0.0164. The molecule has 0 aliphatic heterocycles. The van der Waals surface area contributed by atoms with Crippen LogP contribution in [0.25, 0.3) is 6.08 Å². The van der Waals surface area contributed by atoms with Crippen LogP contribution in [0.5, 0.6) is 17.2 Å². The Kier molecular flexibility index (Phi) is 11.6. The van der Waals surface area contributed by atoms with Crippen LogP contribution in [0.1, 0.15) is 121 Å². The van der Waals surface area contributed by atoms with E-state index < -0.39 is 10.8 Å². The molecule has 0 aliphatic carbocycles. The van der Waals surface area contributed by atoms with Gasteiger partial charge in [0.25, 0.3) is 0 Å². The Balaban J connectivity index is 2.68. The second-order valence-electron chi connectivity index (χ2n) is 13.1. The quantitative estimate of drug-likeness (QED) is 0.0865. The molecule has 2 aromatic rings. The first-order valence-electron chi connectivity index (χ1n) is 14.6. The Morgan fingerprint density at radius 3 is 1.81 bits per heavy atom. The van der Waals surface area contributed by atoms with E-state index in [1.165, 1.54) is 7.11 Å². The number of Topliss-reactive ketones (excluding diaryl/α,β-unsaturated/α-hetero) is 1. The maximum Gasteiger partial charge on any atom is 0.316 e. The van der Waals surface area contributed by atoms with E-state index in [4.69, 9.17) is 18.9 Å². The normalized spacial score (nSPS) is 12.4. The minimum Gasteiger partial charge on any atom is -0.493 e. The smallest absolute Gasteiger partial charge is 0.316 e. The largest absolute Gasteiger partial charge is 0.493 e. The molecule has 7 heteroatoms. The summed E-state index contributed by atoms with van der Waals surface area (Å²) in [6, 6.07) is 8.29. The average molecular weight is 581 g/mol. The summed E-state index contributed by atoms with van der Waals surface area (Å²) in [5.74, 6) is 0.463. The molecule has 0 saturated carbocycles. The van der Waals surface area contributed by atoms with Gasteiger partial charge in [0.2, 0.25) is 5.78 Å². The van der Waals surface area contributed by atoms with Gasteiger partial charge in [-0.25, -0.2) is 0 Å². The summed E-state index contributed by atoms with van der Waals surface area (Å²) < 4.78 is 23.4. The Morgan fingerprint density at radius 2 is 1.36 bits per heavy atom. The summed E-state index contributed by atoms with van der Waals surface area (Å²) in [6.45, 7) is 21.4. The maximum absolute atomic E-state index is 13.5. The highest BCUT2D eigenvalue weighted by Crippen LogP contribution is 2.45. The van der Waals surface area contributed by atoms with E-state index in [0.29, 0.717) is 35.0 Å². The van der Waals surface area contributed by atoms with E-state index in [0.717, 1.165) is 17.5 Å². The number of ether oxygens (including phenoxy) is 4. The molecule has 0 aliphatic rings. The number of ketones is 1. The van der Waals surface area contributed by atoms with Gasteiger partial charge in [-0.15, -0.1) is 0 Å². The molecule has 0 saturated heterocycles. The SMILES string of the molecule is CCCOc1c(C=C(OC)C(=O)c2ccc(OC(=O)C(C)(C)C)cc2)cc(C(C)C)c(OC(=O)C(C)(C)C)c1C(C)C. The van der Waals surface area contributed by atoms with Crippen LogP contribution in [0, 0.1) is 10.8 Å². The molecule has 2 rings (SSSR count). The van der Waals surface area contributed by atoms with Crippen molar-refractivity contribution in [1.29, 1.82) is 0 Å². The molecule has 7 nitrogen and oxygen atoms in total. The van der Waals surface area contributed by atoms with Gasteiger partial charge in [0.1, 0.15) is 17.2 Å². The number of allylic oxidation sites excluding steroid dienone is 1. The number of methoxy groups -OCH3 is 1. The zero-order valence-electron chi connectivity index (χ0n) is 27.4. The molecular formula is C35H48O7. The zero-order valence-corrected chi connectivity index (χ0v) is 27.4. The number of rotatable bonds is 11. The van der Waals surface area contributed by atoms with Crippen LogP contribution >= 0.6 is 0 Å². The van der Waals surface area contributed by atoms with E-state index in [1.54, 1.807) is 51.1 Å². The van der Waals surface area contributed by atoms with Crippen molar-refractivity contribution in [3.63, 3.8) is 0 Å². The molecule has 0 N–H and O–H groups in total. The second-order valence-corrected chi connectivity index (χ2v) is 13.1. The van der Waals surface area contributed by atoms with Crippen LogP contribution in [0.2, 0.25) is 0 Å². The lowest BCUT2D eigenvalue weighted by Crippen LogP contribution is -2.27. The Labute approximate surface area is 251 Å². The highest BCUT2D eigenvalue weighted by atomic mass is 16.5. The molecule has 0 radical (unpaired) electrons. The molecular weight excluding hydrogens is 532 g/mol. The number of carbonyl (C=O) groups excluding carboxylic acids is 3. The van der Waals surface area contributed by atoms with Crippen molar-refractivity contribution in [3.05, 3.63) is 58.3 Å². The van der Waals surface area contributed by atoms with Crippen molar-refractivity contribution >= 4 is 23.8 Å². The number of hydrogen-bond donors (Lipinski definition) is 0. The summed E-state index contributed by atoms with van der Waals surface area (Å²) in [6.07, 6.45) is 2.44. The maximum atomic E-state index is 13.5. The third-order valence-electron chi connectivity index (χ3n) is 6.45. The molecule has 0 fully saturated rings. The average Bonchev–Trinajstić information content (AvgIpc) is 2.89.